The van der Waals surface area contributed by atoms with E-state index in [-0.39, 0.29) is 29.5 Å². The fraction of sp³-hybridized carbons (Fsp3) is 0.448. The quantitative estimate of drug-likeness (QED) is 0.270. The maximum Gasteiger partial charge on any atom is 0.433 e. The standard InChI is InChI=1S/C29H30F4N2O3/c1-17(2)22-9-8-21(35-16-34-14-25(35)29(31,32)33)12-24(22)19-13-28(38-15-19)11-10-23(27(36)37-3)26(28)18-4-6-20(30)7-5-18/h4-9,12,14,16-17,19,23,26H,10-11,13,15H2,1-3H3. The number of hydrogen-bond acceptors (Lipinski definition) is 4. The minimum Gasteiger partial charge on any atom is -0.469 e. The van der Waals surface area contributed by atoms with Crippen LogP contribution in [0, 0.1) is 11.7 Å². The van der Waals surface area contributed by atoms with Crippen molar-refractivity contribution in [2.75, 3.05) is 13.7 Å². The van der Waals surface area contributed by atoms with Gasteiger partial charge in [0.05, 0.1) is 37.8 Å². The number of nitrogens with zero attached hydrogens (tertiary/aromatic N) is 2. The molecule has 0 bridgehead atoms. The zero-order valence-electron chi connectivity index (χ0n) is 21.5. The third-order valence-electron chi connectivity index (χ3n) is 8.08. The van der Waals surface area contributed by atoms with Crippen LogP contribution in [0.15, 0.2) is 55.0 Å². The molecule has 0 radical (unpaired) electrons. The summed E-state index contributed by atoms with van der Waals surface area (Å²) in [7, 11) is 1.36. The maximum absolute atomic E-state index is 13.7. The highest BCUT2D eigenvalue weighted by atomic mass is 19.4. The van der Waals surface area contributed by atoms with Gasteiger partial charge in [-0.25, -0.2) is 9.37 Å². The minimum atomic E-state index is -4.54. The van der Waals surface area contributed by atoms with Crippen molar-refractivity contribution in [1.29, 1.82) is 0 Å². The Kier molecular flexibility index (Phi) is 6.84. The van der Waals surface area contributed by atoms with Crippen molar-refractivity contribution in [2.24, 2.45) is 5.92 Å². The van der Waals surface area contributed by atoms with Crippen molar-refractivity contribution in [3.8, 4) is 5.69 Å². The lowest BCUT2D eigenvalue weighted by Crippen LogP contribution is -2.35. The highest BCUT2D eigenvalue weighted by Crippen LogP contribution is 2.57. The zero-order valence-corrected chi connectivity index (χ0v) is 21.5. The molecule has 1 saturated heterocycles. The van der Waals surface area contributed by atoms with Crippen molar-refractivity contribution in [3.05, 3.63) is 83.2 Å². The Morgan fingerprint density at radius 3 is 2.58 bits per heavy atom. The lowest BCUT2D eigenvalue weighted by molar-refractivity contribution is -0.147. The number of halogens is 4. The van der Waals surface area contributed by atoms with Crippen LogP contribution in [-0.2, 0) is 20.4 Å². The lowest BCUT2D eigenvalue weighted by atomic mass is 9.75. The van der Waals surface area contributed by atoms with Crippen LogP contribution in [-0.4, -0.2) is 34.8 Å². The average Bonchev–Trinajstić information content (AvgIpc) is 3.63. The SMILES string of the molecule is COC(=O)C1CCC2(CC(c3cc(-n4cncc4C(F)(F)F)ccc3C(C)C)CO2)C1c1ccc(F)cc1. The number of ether oxygens (including phenoxy) is 2. The number of aromatic nitrogens is 2. The number of alkyl halides is 3. The molecule has 5 rings (SSSR count). The molecule has 2 heterocycles. The summed E-state index contributed by atoms with van der Waals surface area (Å²) < 4.78 is 67.2. The number of imidazole rings is 1. The minimum absolute atomic E-state index is 0.0930. The van der Waals surface area contributed by atoms with E-state index in [2.05, 4.69) is 4.98 Å². The van der Waals surface area contributed by atoms with Crippen LogP contribution in [0.25, 0.3) is 5.69 Å². The molecule has 0 N–H and O–H groups in total. The molecular formula is C29H30F4N2O3. The van der Waals surface area contributed by atoms with Gasteiger partial charge in [-0.3, -0.25) is 9.36 Å². The Morgan fingerprint density at radius 1 is 1.18 bits per heavy atom. The summed E-state index contributed by atoms with van der Waals surface area (Å²) in [5, 5.41) is 0. The van der Waals surface area contributed by atoms with Gasteiger partial charge in [0, 0.05) is 17.5 Å². The van der Waals surface area contributed by atoms with Gasteiger partial charge in [0.15, 0.2) is 0 Å². The Labute approximate surface area is 218 Å². The summed E-state index contributed by atoms with van der Waals surface area (Å²) in [6.45, 7) is 4.46. The van der Waals surface area contributed by atoms with Gasteiger partial charge in [0.1, 0.15) is 11.5 Å². The fourth-order valence-corrected chi connectivity index (χ4v) is 6.39. The lowest BCUT2D eigenvalue weighted by Gasteiger charge is -2.33. The average molecular weight is 531 g/mol. The Balaban J connectivity index is 1.53. The van der Waals surface area contributed by atoms with Gasteiger partial charge < -0.3 is 9.47 Å². The van der Waals surface area contributed by atoms with Gasteiger partial charge in [-0.15, -0.1) is 0 Å². The fourth-order valence-electron chi connectivity index (χ4n) is 6.39. The first kappa shape index (κ1) is 26.4. The molecule has 4 atom stereocenters. The van der Waals surface area contributed by atoms with Crippen molar-refractivity contribution < 1.29 is 31.8 Å². The molecule has 4 unspecified atom stereocenters. The molecule has 5 nitrogen and oxygen atoms in total. The van der Waals surface area contributed by atoms with Crippen molar-refractivity contribution in [1.82, 2.24) is 9.55 Å². The highest BCUT2D eigenvalue weighted by Gasteiger charge is 2.56. The molecule has 1 saturated carbocycles. The van der Waals surface area contributed by atoms with Gasteiger partial charge in [-0.1, -0.05) is 32.0 Å². The van der Waals surface area contributed by atoms with E-state index in [1.54, 1.807) is 24.3 Å². The van der Waals surface area contributed by atoms with Crippen LogP contribution < -0.4 is 0 Å². The Morgan fingerprint density at radius 2 is 1.92 bits per heavy atom. The molecule has 0 amide bonds. The van der Waals surface area contributed by atoms with Gasteiger partial charge in [0.25, 0.3) is 0 Å². The predicted molar refractivity (Wildman–Crippen MR) is 133 cm³/mol. The molecular weight excluding hydrogens is 500 g/mol. The van der Waals surface area contributed by atoms with E-state index in [4.69, 9.17) is 9.47 Å². The number of rotatable bonds is 5. The summed E-state index contributed by atoms with van der Waals surface area (Å²) in [6, 6.07) is 11.5. The van der Waals surface area contributed by atoms with Gasteiger partial charge in [0.2, 0.25) is 0 Å². The first-order valence-corrected chi connectivity index (χ1v) is 12.7. The van der Waals surface area contributed by atoms with Crippen LogP contribution in [0.1, 0.15) is 73.2 Å². The second kappa shape index (κ2) is 9.84. The zero-order chi connectivity index (χ0) is 27.2. The number of esters is 1. The molecule has 1 aromatic heterocycles. The van der Waals surface area contributed by atoms with E-state index in [0.717, 1.165) is 27.5 Å². The van der Waals surface area contributed by atoms with E-state index in [1.165, 1.54) is 25.6 Å². The van der Waals surface area contributed by atoms with Gasteiger partial charge in [-0.05, 0) is 66.1 Å². The second-order valence-corrected chi connectivity index (χ2v) is 10.6. The van der Waals surface area contributed by atoms with Crippen molar-refractivity contribution in [3.63, 3.8) is 0 Å². The van der Waals surface area contributed by atoms with E-state index in [9.17, 15) is 22.4 Å². The molecule has 2 fully saturated rings. The first-order chi connectivity index (χ1) is 18.0. The predicted octanol–water partition coefficient (Wildman–Crippen LogP) is 6.76. The molecule has 1 spiro atoms. The third-order valence-corrected chi connectivity index (χ3v) is 8.08. The first-order valence-electron chi connectivity index (χ1n) is 12.7. The van der Waals surface area contributed by atoms with Crippen molar-refractivity contribution >= 4 is 5.97 Å². The van der Waals surface area contributed by atoms with Gasteiger partial charge in [-0.2, -0.15) is 13.2 Å². The van der Waals surface area contributed by atoms with E-state index in [1.807, 2.05) is 19.9 Å². The van der Waals surface area contributed by atoms with Crippen LogP contribution >= 0.6 is 0 Å². The van der Waals surface area contributed by atoms with Crippen molar-refractivity contribution in [2.45, 2.75) is 62.6 Å². The number of hydrogen-bond donors (Lipinski definition) is 0. The Hall–Kier alpha value is -3.20. The smallest absolute Gasteiger partial charge is 0.433 e. The largest absolute Gasteiger partial charge is 0.469 e. The summed E-state index contributed by atoms with van der Waals surface area (Å²) in [6.07, 6.45) is -0.760. The molecule has 1 aliphatic heterocycles. The number of benzene rings is 2. The topological polar surface area (TPSA) is 53.4 Å². The molecule has 2 aromatic carbocycles. The summed E-state index contributed by atoms with van der Waals surface area (Å²) in [4.78, 5) is 16.5. The number of methoxy groups -OCH3 is 1. The summed E-state index contributed by atoms with van der Waals surface area (Å²) in [5.41, 5.74) is 1.64. The summed E-state index contributed by atoms with van der Waals surface area (Å²) >= 11 is 0. The molecule has 9 heteroatoms. The molecule has 38 heavy (non-hydrogen) atoms. The second-order valence-electron chi connectivity index (χ2n) is 10.6. The normalized spacial score (nSPS) is 25.4. The van der Waals surface area contributed by atoms with Crippen LogP contribution in [0.4, 0.5) is 17.6 Å². The maximum atomic E-state index is 13.7. The number of carbonyl (C=O) groups is 1. The highest BCUT2D eigenvalue weighted by molar-refractivity contribution is 5.74. The molecule has 3 aromatic rings. The van der Waals surface area contributed by atoms with Crippen LogP contribution in [0.3, 0.4) is 0 Å². The van der Waals surface area contributed by atoms with E-state index < -0.39 is 23.4 Å². The van der Waals surface area contributed by atoms with E-state index in [0.29, 0.717) is 31.6 Å². The Bertz CT molecular complexity index is 1320. The van der Waals surface area contributed by atoms with Crippen LogP contribution in [0.5, 0.6) is 0 Å². The molecule has 1 aliphatic carbocycles. The van der Waals surface area contributed by atoms with Gasteiger partial charge >= 0.3 is 12.1 Å². The number of carbonyl (C=O) groups excluding carboxylic acids is 1. The monoisotopic (exact) mass is 530 g/mol. The van der Waals surface area contributed by atoms with E-state index >= 15 is 0 Å². The molecule has 2 aliphatic rings. The third kappa shape index (κ3) is 4.61. The summed E-state index contributed by atoms with van der Waals surface area (Å²) in [5.74, 6) is -1.40. The molecule has 202 valence electrons. The van der Waals surface area contributed by atoms with Crippen LogP contribution in [0.2, 0.25) is 0 Å².